The maximum absolute atomic E-state index is 13.0. The Morgan fingerprint density at radius 1 is 0.700 bits per heavy atom. The van der Waals surface area contributed by atoms with Crippen molar-refractivity contribution < 1.29 is 22.7 Å². The van der Waals surface area contributed by atoms with E-state index in [1.807, 2.05) is 0 Å². The third kappa shape index (κ3) is 3.57. The van der Waals surface area contributed by atoms with Crippen LogP contribution in [0.4, 0.5) is 17.6 Å². The molecule has 0 aromatic heterocycles. The Morgan fingerprint density at radius 3 is 1.45 bits per heavy atom. The molecule has 0 radical (unpaired) electrons. The Hall–Kier alpha value is -1.88. The van der Waals surface area contributed by atoms with Crippen molar-refractivity contribution >= 4 is 0 Å². The van der Waals surface area contributed by atoms with Gasteiger partial charge in [0.05, 0.1) is 6.10 Å². The third-order valence-corrected chi connectivity index (χ3v) is 2.91. The van der Waals surface area contributed by atoms with Gasteiger partial charge in [-0.05, 0) is 48.2 Å². The Morgan fingerprint density at radius 2 is 1.10 bits per heavy atom. The van der Waals surface area contributed by atoms with E-state index in [0.717, 1.165) is 24.3 Å². The van der Waals surface area contributed by atoms with E-state index in [0.29, 0.717) is 11.1 Å². The topological polar surface area (TPSA) is 20.2 Å². The van der Waals surface area contributed by atoms with Crippen LogP contribution >= 0.6 is 0 Å². The summed E-state index contributed by atoms with van der Waals surface area (Å²) in [5, 5.41) is 9.84. The molecular weight excluding hydrogens is 272 g/mol. The molecule has 2 aromatic carbocycles. The molecule has 0 bridgehead atoms. The second-order valence-corrected chi connectivity index (χ2v) is 4.56. The lowest BCUT2D eigenvalue weighted by molar-refractivity contribution is 0.175. The molecule has 0 heterocycles. The normalized spacial score (nSPS) is 11.1. The minimum Gasteiger partial charge on any atom is -0.392 e. The van der Waals surface area contributed by atoms with E-state index in [1.54, 1.807) is 0 Å². The fourth-order valence-electron chi connectivity index (χ4n) is 1.95. The number of rotatable bonds is 4. The van der Waals surface area contributed by atoms with E-state index in [4.69, 9.17) is 0 Å². The number of aliphatic hydroxyl groups excluding tert-OH is 1. The molecule has 0 aliphatic carbocycles. The molecule has 0 amide bonds. The zero-order valence-electron chi connectivity index (χ0n) is 10.4. The van der Waals surface area contributed by atoms with Crippen LogP contribution in [0.2, 0.25) is 0 Å². The van der Waals surface area contributed by atoms with Crippen molar-refractivity contribution in [3.8, 4) is 0 Å². The molecule has 2 aromatic rings. The van der Waals surface area contributed by atoms with Gasteiger partial charge >= 0.3 is 0 Å². The van der Waals surface area contributed by atoms with Crippen molar-refractivity contribution in [2.75, 3.05) is 0 Å². The average Bonchev–Trinajstić information content (AvgIpc) is 2.38. The predicted octanol–water partition coefficient (Wildman–Crippen LogP) is 3.39. The van der Waals surface area contributed by atoms with Gasteiger partial charge in [-0.15, -0.1) is 0 Å². The number of hydrogen-bond donors (Lipinski definition) is 1. The number of halogens is 4. The summed E-state index contributed by atoms with van der Waals surface area (Å²) in [5.41, 5.74) is 0.859. The minimum atomic E-state index is -0.984. The highest BCUT2D eigenvalue weighted by atomic mass is 19.2. The summed E-state index contributed by atoms with van der Waals surface area (Å²) >= 11 is 0. The van der Waals surface area contributed by atoms with Gasteiger partial charge in [-0.1, -0.05) is 12.1 Å². The number of aliphatic hydroxyl groups is 1. The van der Waals surface area contributed by atoms with Crippen LogP contribution in [0.25, 0.3) is 0 Å². The standard InChI is InChI=1S/C15H12F4O/c16-12-3-1-9(7-14(12)18)5-11(20)6-10-2-4-13(17)15(19)8-10/h1-4,7-8,11,20H,5-6H2. The molecule has 106 valence electrons. The lowest BCUT2D eigenvalue weighted by Crippen LogP contribution is -2.14. The zero-order valence-corrected chi connectivity index (χ0v) is 10.4. The molecule has 0 unspecified atom stereocenters. The van der Waals surface area contributed by atoms with Crippen LogP contribution in [0, 0.1) is 23.3 Å². The summed E-state index contributed by atoms with van der Waals surface area (Å²) in [4.78, 5) is 0. The van der Waals surface area contributed by atoms with Crippen molar-refractivity contribution in [3.63, 3.8) is 0 Å². The highest BCUT2D eigenvalue weighted by Crippen LogP contribution is 2.14. The van der Waals surface area contributed by atoms with E-state index in [1.165, 1.54) is 12.1 Å². The van der Waals surface area contributed by atoms with E-state index in [2.05, 4.69) is 0 Å². The van der Waals surface area contributed by atoms with Crippen molar-refractivity contribution in [1.82, 2.24) is 0 Å². The second-order valence-electron chi connectivity index (χ2n) is 4.56. The molecule has 0 aliphatic rings. The van der Waals surface area contributed by atoms with Gasteiger partial charge in [0, 0.05) is 0 Å². The molecular formula is C15H12F4O. The molecule has 0 saturated heterocycles. The van der Waals surface area contributed by atoms with Crippen molar-refractivity contribution in [3.05, 3.63) is 70.8 Å². The van der Waals surface area contributed by atoms with Crippen LogP contribution in [0.15, 0.2) is 36.4 Å². The van der Waals surface area contributed by atoms with Crippen molar-refractivity contribution in [1.29, 1.82) is 0 Å². The van der Waals surface area contributed by atoms with Gasteiger partial charge in [0.15, 0.2) is 23.3 Å². The molecule has 0 fully saturated rings. The fourth-order valence-corrected chi connectivity index (χ4v) is 1.95. The van der Waals surface area contributed by atoms with Crippen LogP contribution in [-0.2, 0) is 12.8 Å². The van der Waals surface area contributed by atoms with Crippen LogP contribution in [0.5, 0.6) is 0 Å². The first kappa shape index (κ1) is 14.5. The Balaban J connectivity index is 2.02. The van der Waals surface area contributed by atoms with Crippen molar-refractivity contribution in [2.24, 2.45) is 0 Å². The van der Waals surface area contributed by atoms with Gasteiger partial charge in [0.1, 0.15) is 0 Å². The summed E-state index contributed by atoms with van der Waals surface area (Å²) in [6, 6.07) is 6.71. The van der Waals surface area contributed by atoms with Gasteiger partial charge in [-0.2, -0.15) is 0 Å². The minimum absolute atomic E-state index is 0.0934. The molecule has 0 spiro atoms. The molecule has 0 atom stereocenters. The lowest BCUT2D eigenvalue weighted by Gasteiger charge is -2.11. The Kier molecular flexibility index (Phi) is 4.39. The summed E-state index contributed by atoms with van der Waals surface area (Å²) in [7, 11) is 0. The lowest BCUT2D eigenvalue weighted by atomic mass is 10.0. The zero-order chi connectivity index (χ0) is 14.7. The van der Waals surface area contributed by atoms with Gasteiger partial charge in [0.2, 0.25) is 0 Å². The first-order chi connectivity index (χ1) is 9.45. The highest BCUT2D eigenvalue weighted by molar-refractivity contribution is 5.21. The second kappa shape index (κ2) is 6.05. The maximum atomic E-state index is 13.0. The fraction of sp³-hybridized carbons (Fsp3) is 0.200. The van der Waals surface area contributed by atoms with E-state index in [-0.39, 0.29) is 12.8 Å². The molecule has 1 nitrogen and oxygen atoms in total. The monoisotopic (exact) mass is 284 g/mol. The molecule has 20 heavy (non-hydrogen) atoms. The summed E-state index contributed by atoms with van der Waals surface area (Å²) in [6.45, 7) is 0. The van der Waals surface area contributed by atoms with Gasteiger partial charge < -0.3 is 5.11 Å². The van der Waals surface area contributed by atoms with E-state index in [9.17, 15) is 22.7 Å². The smallest absolute Gasteiger partial charge is 0.159 e. The predicted molar refractivity (Wildman–Crippen MR) is 66.1 cm³/mol. The van der Waals surface area contributed by atoms with E-state index >= 15 is 0 Å². The average molecular weight is 284 g/mol. The van der Waals surface area contributed by atoms with Crippen LogP contribution in [0.3, 0.4) is 0 Å². The van der Waals surface area contributed by atoms with Crippen molar-refractivity contribution in [2.45, 2.75) is 18.9 Å². The molecule has 2 rings (SSSR count). The Labute approximate surface area is 113 Å². The molecule has 0 aliphatic heterocycles. The summed E-state index contributed by atoms with van der Waals surface area (Å²) in [5.74, 6) is -3.88. The maximum Gasteiger partial charge on any atom is 0.159 e. The first-order valence-electron chi connectivity index (χ1n) is 6.01. The Bertz CT molecular complexity index is 559. The molecule has 5 heteroatoms. The number of benzene rings is 2. The first-order valence-corrected chi connectivity index (χ1v) is 6.01. The molecule has 0 saturated carbocycles. The van der Waals surface area contributed by atoms with Crippen LogP contribution in [-0.4, -0.2) is 11.2 Å². The molecule has 1 N–H and O–H groups in total. The highest BCUT2D eigenvalue weighted by Gasteiger charge is 2.11. The van der Waals surface area contributed by atoms with Crippen LogP contribution < -0.4 is 0 Å². The van der Waals surface area contributed by atoms with E-state index < -0.39 is 29.4 Å². The largest absolute Gasteiger partial charge is 0.392 e. The summed E-state index contributed by atoms with van der Waals surface area (Å²) < 4.78 is 51.5. The number of hydrogen-bond acceptors (Lipinski definition) is 1. The summed E-state index contributed by atoms with van der Waals surface area (Å²) in [6.07, 6.45) is -0.712. The quantitative estimate of drug-likeness (QED) is 0.853. The third-order valence-electron chi connectivity index (χ3n) is 2.91. The van der Waals surface area contributed by atoms with Gasteiger partial charge in [-0.25, -0.2) is 17.6 Å². The van der Waals surface area contributed by atoms with Crippen LogP contribution in [0.1, 0.15) is 11.1 Å². The van der Waals surface area contributed by atoms with Gasteiger partial charge in [0.25, 0.3) is 0 Å². The van der Waals surface area contributed by atoms with Gasteiger partial charge in [-0.3, -0.25) is 0 Å². The SMILES string of the molecule is OC(Cc1ccc(F)c(F)c1)Cc1ccc(F)c(F)c1.